The van der Waals surface area contributed by atoms with E-state index in [-0.39, 0.29) is 6.10 Å². The van der Waals surface area contributed by atoms with Crippen molar-refractivity contribution in [2.45, 2.75) is 25.9 Å². The summed E-state index contributed by atoms with van der Waals surface area (Å²) in [6.45, 7) is 1.78. The lowest BCUT2D eigenvalue weighted by Gasteiger charge is -2.00. The van der Waals surface area contributed by atoms with E-state index in [1.54, 1.807) is 17.9 Å². The third kappa shape index (κ3) is 2.67. The van der Waals surface area contributed by atoms with Gasteiger partial charge in [0.15, 0.2) is 0 Å². The summed E-state index contributed by atoms with van der Waals surface area (Å²) in [5.74, 6) is 0. The van der Waals surface area contributed by atoms with Crippen molar-refractivity contribution < 1.29 is 5.11 Å². The third-order valence-electron chi connectivity index (χ3n) is 2.34. The first-order valence-electron chi connectivity index (χ1n) is 5.40. The van der Waals surface area contributed by atoms with E-state index in [1.807, 2.05) is 30.3 Å². The minimum Gasteiger partial charge on any atom is -0.393 e. The van der Waals surface area contributed by atoms with E-state index < -0.39 is 0 Å². The summed E-state index contributed by atoms with van der Waals surface area (Å²) in [4.78, 5) is 1.61. The second-order valence-corrected chi connectivity index (χ2v) is 3.85. The molecule has 1 atom stereocenters. The van der Waals surface area contributed by atoms with Crippen LogP contribution in [-0.4, -0.2) is 26.2 Å². The van der Waals surface area contributed by atoms with E-state index in [1.165, 1.54) is 0 Å². The number of aliphatic hydroxyl groups excluding tert-OH is 1. The molecule has 0 saturated heterocycles. The molecule has 1 N–H and O–H groups in total. The fraction of sp³-hybridized carbons (Fsp3) is 0.333. The average Bonchev–Trinajstić information content (AvgIpc) is 2.76. The van der Waals surface area contributed by atoms with Gasteiger partial charge in [-0.15, -0.1) is 0 Å². The molecule has 0 aliphatic rings. The van der Waals surface area contributed by atoms with Crippen molar-refractivity contribution in [1.82, 2.24) is 15.0 Å². The zero-order valence-electron chi connectivity index (χ0n) is 9.24. The minimum atomic E-state index is -0.290. The molecule has 4 nitrogen and oxygen atoms in total. The minimum absolute atomic E-state index is 0.290. The van der Waals surface area contributed by atoms with Crippen molar-refractivity contribution >= 4 is 0 Å². The summed E-state index contributed by atoms with van der Waals surface area (Å²) in [6, 6.07) is 9.78. The van der Waals surface area contributed by atoms with Gasteiger partial charge in [0, 0.05) is 0 Å². The molecular formula is C12H15N3O. The van der Waals surface area contributed by atoms with Gasteiger partial charge in [-0.2, -0.15) is 15.0 Å². The van der Waals surface area contributed by atoms with Gasteiger partial charge in [0.05, 0.1) is 23.7 Å². The number of hydrogen-bond donors (Lipinski definition) is 1. The highest BCUT2D eigenvalue weighted by molar-refractivity contribution is 5.28. The fourth-order valence-electron chi connectivity index (χ4n) is 1.45. The highest BCUT2D eigenvalue weighted by atomic mass is 16.3. The predicted molar refractivity (Wildman–Crippen MR) is 61.4 cm³/mol. The molecule has 0 saturated carbocycles. The van der Waals surface area contributed by atoms with Gasteiger partial charge in [0.25, 0.3) is 0 Å². The Morgan fingerprint density at radius 3 is 2.75 bits per heavy atom. The van der Waals surface area contributed by atoms with Crippen molar-refractivity contribution in [1.29, 1.82) is 0 Å². The number of aliphatic hydroxyl groups is 1. The number of para-hydroxylation sites is 1. The van der Waals surface area contributed by atoms with Crippen LogP contribution >= 0.6 is 0 Å². The third-order valence-corrected chi connectivity index (χ3v) is 2.34. The Morgan fingerprint density at radius 2 is 2.06 bits per heavy atom. The number of benzene rings is 1. The average molecular weight is 217 g/mol. The van der Waals surface area contributed by atoms with Crippen molar-refractivity contribution in [3.8, 4) is 5.69 Å². The van der Waals surface area contributed by atoms with E-state index in [4.69, 9.17) is 0 Å². The van der Waals surface area contributed by atoms with E-state index >= 15 is 0 Å². The molecule has 0 amide bonds. The fourth-order valence-corrected chi connectivity index (χ4v) is 1.45. The molecule has 0 bridgehead atoms. The molecule has 0 aliphatic heterocycles. The van der Waals surface area contributed by atoms with Gasteiger partial charge in [0.1, 0.15) is 0 Å². The van der Waals surface area contributed by atoms with E-state index in [2.05, 4.69) is 10.2 Å². The molecule has 0 aliphatic carbocycles. The van der Waals surface area contributed by atoms with Crippen LogP contribution in [-0.2, 0) is 6.42 Å². The second-order valence-electron chi connectivity index (χ2n) is 3.85. The first kappa shape index (κ1) is 10.8. The molecule has 1 aromatic carbocycles. The maximum absolute atomic E-state index is 9.18. The molecule has 2 aromatic rings. The molecular weight excluding hydrogens is 202 g/mol. The maximum atomic E-state index is 9.18. The van der Waals surface area contributed by atoms with Crippen molar-refractivity contribution in [3.05, 3.63) is 42.2 Å². The normalized spacial score (nSPS) is 12.6. The highest BCUT2D eigenvalue weighted by Crippen LogP contribution is 2.06. The summed E-state index contributed by atoms with van der Waals surface area (Å²) in [6.07, 6.45) is 2.93. The second kappa shape index (κ2) is 4.90. The quantitative estimate of drug-likeness (QED) is 0.846. The maximum Gasteiger partial charge on any atom is 0.0856 e. The molecule has 0 spiro atoms. The van der Waals surface area contributed by atoms with Crippen LogP contribution in [0, 0.1) is 0 Å². The Hall–Kier alpha value is -1.68. The predicted octanol–water partition coefficient (Wildman–Crippen LogP) is 1.58. The van der Waals surface area contributed by atoms with Crippen LogP contribution in [0.15, 0.2) is 36.5 Å². The number of nitrogens with zero attached hydrogens (tertiary/aromatic N) is 3. The number of aryl methyl sites for hydroxylation is 1. The Kier molecular flexibility index (Phi) is 3.31. The van der Waals surface area contributed by atoms with Gasteiger partial charge in [-0.05, 0) is 31.9 Å². The van der Waals surface area contributed by atoms with Crippen LogP contribution in [0.2, 0.25) is 0 Å². The molecule has 84 valence electrons. The summed E-state index contributed by atoms with van der Waals surface area (Å²) >= 11 is 0. The van der Waals surface area contributed by atoms with Gasteiger partial charge < -0.3 is 5.11 Å². The van der Waals surface area contributed by atoms with Gasteiger partial charge in [-0.3, -0.25) is 0 Å². The first-order chi connectivity index (χ1) is 7.75. The van der Waals surface area contributed by atoms with Crippen molar-refractivity contribution in [2.24, 2.45) is 0 Å². The van der Waals surface area contributed by atoms with Gasteiger partial charge in [0.2, 0.25) is 0 Å². The lowest BCUT2D eigenvalue weighted by Crippen LogP contribution is -2.03. The summed E-state index contributed by atoms with van der Waals surface area (Å²) in [5.41, 5.74) is 1.86. The molecule has 4 heteroatoms. The number of rotatable bonds is 4. The van der Waals surface area contributed by atoms with Gasteiger partial charge in [-0.25, -0.2) is 0 Å². The highest BCUT2D eigenvalue weighted by Gasteiger charge is 2.03. The Labute approximate surface area is 94.5 Å². The summed E-state index contributed by atoms with van der Waals surface area (Å²) < 4.78 is 0. The molecule has 16 heavy (non-hydrogen) atoms. The topological polar surface area (TPSA) is 50.9 Å². The van der Waals surface area contributed by atoms with Gasteiger partial charge >= 0.3 is 0 Å². The van der Waals surface area contributed by atoms with E-state index in [0.717, 1.165) is 17.8 Å². The van der Waals surface area contributed by atoms with Crippen molar-refractivity contribution in [3.63, 3.8) is 0 Å². The Bertz CT molecular complexity index is 437. The van der Waals surface area contributed by atoms with Crippen LogP contribution in [0.1, 0.15) is 19.0 Å². The lowest BCUT2D eigenvalue weighted by molar-refractivity contribution is 0.184. The van der Waals surface area contributed by atoms with Crippen LogP contribution in [0.4, 0.5) is 0 Å². The molecule has 1 aromatic heterocycles. The Morgan fingerprint density at radius 1 is 1.31 bits per heavy atom. The summed E-state index contributed by atoms with van der Waals surface area (Å²) in [7, 11) is 0. The van der Waals surface area contributed by atoms with Crippen LogP contribution in [0.5, 0.6) is 0 Å². The number of hydrogen-bond acceptors (Lipinski definition) is 3. The first-order valence-corrected chi connectivity index (χ1v) is 5.40. The zero-order valence-corrected chi connectivity index (χ0v) is 9.24. The van der Waals surface area contributed by atoms with E-state index in [9.17, 15) is 5.11 Å². The number of aromatic nitrogens is 3. The molecule has 1 unspecified atom stereocenters. The van der Waals surface area contributed by atoms with E-state index in [0.29, 0.717) is 6.42 Å². The standard InChI is InChI=1S/C12H15N3O/c1-10(16)7-8-11-9-13-15(14-11)12-5-3-2-4-6-12/h2-6,9-10,16H,7-8H2,1H3. The van der Waals surface area contributed by atoms with Crippen molar-refractivity contribution in [2.75, 3.05) is 0 Å². The molecule has 2 rings (SSSR count). The van der Waals surface area contributed by atoms with Crippen LogP contribution in [0.25, 0.3) is 5.69 Å². The smallest absolute Gasteiger partial charge is 0.0856 e. The SMILES string of the molecule is CC(O)CCc1cnn(-c2ccccc2)n1. The summed E-state index contributed by atoms with van der Waals surface area (Å²) in [5, 5.41) is 17.7. The Balaban J connectivity index is 2.08. The largest absolute Gasteiger partial charge is 0.393 e. The van der Waals surface area contributed by atoms with Crippen LogP contribution in [0.3, 0.4) is 0 Å². The molecule has 0 radical (unpaired) electrons. The lowest BCUT2D eigenvalue weighted by atomic mass is 10.2. The molecule has 0 fully saturated rings. The monoisotopic (exact) mass is 217 g/mol. The zero-order chi connectivity index (χ0) is 11.4. The van der Waals surface area contributed by atoms with Crippen LogP contribution < -0.4 is 0 Å². The van der Waals surface area contributed by atoms with Gasteiger partial charge in [-0.1, -0.05) is 18.2 Å². The molecule has 1 heterocycles.